The molecule has 2 aromatic rings. The number of hydrogen-bond donors (Lipinski definition) is 6. The number of benzene rings is 2. The molecule has 0 aliphatic heterocycles. The number of carboxylic acids is 2. The highest BCUT2D eigenvalue weighted by atomic mass is 16.4. The van der Waals surface area contributed by atoms with Crippen LogP contribution in [-0.4, -0.2) is 45.6 Å². The van der Waals surface area contributed by atoms with Gasteiger partial charge in [0.05, 0.1) is 11.1 Å². The second-order valence-electron chi connectivity index (χ2n) is 4.59. The van der Waals surface area contributed by atoms with E-state index in [1.54, 1.807) is 36.4 Å². The minimum atomic E-state index is -0.988. The zero-order chi connectivity index (χ0) is 19.2. The number of aliphatic hydroxyl groups is 2. The van der Waals surface area contributed by atoms with Crippen LogP contribution in [0.25, 0.3) is 0 Å². The Morgan fingerprint density at radius 1 is 0.720 bits per heavy atom. The Kier molecular flexibility index (Phi) is 10.8. The Morgan fingerprint density at radius 2 is 1.04 bits per heavy atom. The second-order valence-corrected chi connectivity index (χ2v) is 4.59. The molecule has 8 nitrogen and oxygen atoms in total. The maximum absolute atomic E-state index is 10.3. The molecule has 0 aromatic heterocycles. The maximum Gasteiger partial charge on any atom is 0.337 e. The molecule has 0 spiro atoms. The molecule has 0 amide bonds. The van der Waals surface area contributed by atoms with E-state index in [2.05, 4.69) is 0 Å². The van der Waals surface area contributed by atoms with E-state index >= 15 is 0 Å². The lowest BCUT2D eigenvalue weighted by atomic mass is 10.2. The fourth-order valence-electron chi connectivity index (χ4n) is 1.45. The SMILES string of the molecule is Nc1ccccc1C(=O)O.Nc1ccccc1C(=O)O.OCCCO. The first-order valence-electron chi connectivity index (χ1n) is 7.22. The van der Waals surface area contributed by atoms with Gasteiger partial charge < -0.3 is 31.9 Å². The van der Waals surface area contributed by atoms with Gasteiger partial charge in [-0.25, -0.2) is 9.59 Å². The number of carboxylic acid groups (broad SMARTS) is 2. The van der Waals surface area contributed by atoms with Crippen molar-refractivity contribution in [1.82, 2.24) is 0 Å². The number of nitrogens with two attached hydrogens (primary N) is 2. The number of nitrogen functional groups attached to an aromatic ring is 2. The minimum Gasteiger partial charge on any atom is -0.478 e. The number of para-hydroxylation sites is 2. The van der Waals surface area contributed by atoms with Crippen LogP contribution in [0.5, 0.6) is 0 Å². The first kappa shape index (κ1) is 21.9. The minimum absolute atomic E-state index is 0.0938. The third kappa shape index (κ3) is 8.94. The Labute approximate surface area is 145 Å². The standard InChI is InChI=1S/2C7H7NO2.C3H8O2/c2*8-6-4-2-1-3-5(6)7(9)10;4-2-1-3-5/h2*1-4H,8H2,(H,9,10);4-5H,1-3H2. The van der Waals surface area contributed by atoms with Gasteiger partial charge in [-0.1, -0.05) is 24.3 Å². The van der Waals surface area contributed by atoms with Crippen LogP contribution in [0.1, 0.15) is 27.1 Å². The zero-order valence-electron chi connectivity index (χ0n) is 13.5. The van der Waals surface area contributed by atoms with E-state index in [4.69, 9.17) is 31.9 Å². The molecule has 136 valence electrons. The number of hydrogen-bond acceptors (Lipinski definition) is 6. The molecular formula is C17H22N2O6. The topological polar surface area (TPSA) is 167 Å². The summed E-state index contributed by atoms with van der Waals surface area (Å²) in [5, 5.41) is 32.8. The van der Waals surface area contributed by atoms with Crippen LogP contribution >= 0.6 is 0 Å². The third-order valence-corrected chi connectivity index (χ3v) is 2.70. The molecule has 0 bridgehead atoms. The Balaban J connectivity index is 0.000000368. The van der Waals surface area contributed by atoms with Crippen LogP contribution in [0, 0.1) is 0 Å². The van der Waals surface area contributed by atoms with Crippen molar-refractivity contribution >= 4 is 23.3 Å². The fraction of sp³-hybridized carbons (Fsp3) is 0.176. The smallest absolute Gasteiger partial charge is 0.337 e. The van der Waals surface area contributed by atoms with E-state index in [0.717, 1.165) is 0 Å². The van der Waals surface area contributed by atoms with E-state index in [1.807, 2.05) is 0 Å². The van der Waals surface area contributed by atoms with Crippen molar-refractivity contribution in [1.29, 1.82) is 0 Å². The van der Waals surface area contributed by atoms with Gasteiger partial charge in [-0.15, -0.1) is 0 Å². The van der Waals surface area contributed by atoms with Gasteiger partial charge >= 0.3 is 11.9 Å². The quantitative estimate of drug-likeness (QED) is 0.448. The first-order chi connectivity index (χ1) is 11.8. The van der Waals surface area contributed by atoms with Crippen LogP contribution in [0.2, 0.25) is 0 Å². The lowest BCUT2D eigenvalue weighted by Gasteiger charge is -1.96. The highest BCUT2D eigenvalue weighted by Gasteiger charge is 2.04. The molecule has 0 aliphatic rings. The van der Waals surface area contributed by atoms with Crippen LogP contribution in [0.3, 0.4) is 0 Å². The number of carbonyl (C=O) groups is 2. The normalized spacial score (nSPS) is 9.04. The molecule has 0 saturated heterocycles. The molecule has 0 fully saturated rings. The van der Waals surface area contributed by atoms with Gasteiger partial charge in [0.1, 0.15) is 0 Å². The van der Waals surface area contributed by atoms with Gasteiger partial charge in [0.2, 0.25) is 0 Å². The summed E-state index contributed by atoms with van der Waals surface area (Å²) in [5.41, 5.74) is 11.6. The Morgan fingerprint density at radius 3 is 1.20 bits per heavy atom. The summed E-state index contributed by atoms with van der Waals surface area (Å²) in [6.45, 7) is 0.188. The van der Waals surface area contributed by atoms with Gasteiger partial charge in [0.15, 0.2) is 0 Å². The molecule has 8 heteroatoms. The monoisotopic (exact) mass is 350 g/mol. The largest absolute Gasteiger partial charge is 0.478 e. The van der Waals surface area contributed by atoms with E-state index in [9.17, 15) is 9.59 Å². The summed E-state index contributed by atoms with van der Waals surface area (Å²) in [6.07, 6.45) is 0.500. The van der Waals surface area contributed by atoms with E-state index in [-0.39, 0.29) is 24.3 Å². The van der Waals surface area contributed by atoms with Gasteiger partial charge in [0.25, 0.3) is 0 Å². The van der Waals surface area contributed by atoms with E-state index in [1.165, 1.54) is 12.1 Å². The lowest BCUT2D eigenvalue weighted by Crippen LogP contribution is -2.00. The summed E-state index contributed by atoms with van der Waals surface area (Å²) in [4.78, 5) is 20.7. The van der Waals surface area contributed by atoms with Crippen molar-refractivity contribution in [2.45, 2.75) is 6.42 Å². The third-order valence-electron chi connectivity index (χ3n) is 2.70. The van der Waals surface area contributed by atoms with Crippen molar-refractivity contribution < 1.29 is 30.0 Å². The summed E-state index contributed by atoms with van der Waals surface area (Å²) < 4.78 is 0. The lowest BCUT2D eigenvalue weighted by molar-refractivity contribution is 0.0687. The van der Waals surface area contributed by atoms with Crippen molar-refractivity contribution in [3.63, 3.8) is 0 Å². The molecular weight excluding hydrogens is 328 g/mol. The Hall–Kier alpha value is -3.10. The number of aromatic carboxylic acids is 2. The molecule has 0 aliphatic carbocycles. The average molecular weight is 350 g/mol. The van der Waals surface area contributed by atoms with Crippen LogP contribution in [0.4, 0.5) is 11.4 Å². The summed E-state index contributed by atoms with van der Waals surface area (Å²) >= 11 is 0. The van der Waals surface area contributed by atoms with Gasteiger partial charge in [-0.3, -0.25) is 0 Å². The maximum atomic E-state index is 10.3. The number of aliphatic hydroxyl groups excluding tert-OH is 2. The molecule has 8 N–H and O–H groups in total. The van der Waals surface area contributed by atoms with Crippen LogP contribution in [0.15, 0.2) is 48.5 Å². The number of anilines is 2. The first-order valence-corrected chi connectivity index (χ1v) is 7.22. The van der Waals surface area contributed by atoms with Gasteiger partial charge in [-0.2, -0.15) is 0 Å². The van der Waals surface area contributed by atoms with Gasteiger partial charge in [0, 0.05) is 24.6 Å². The van der Waals surface area contributed by atoms with Crippen molar-refractivity contribution in [3.8, 4) is 0 Å². The second kappa shape index (κ2) is 12.3. The zero-order valence-corrected chi connectivity index (χ0v) is 13.5. The fourth-order valence-corrected chi connectivity index (χ4v) is 1.45. The summed E-state index contributed by atoms with van der Waals surface area (Å²) in [5.74, 6) is -1.98. The molecule has 0 unspecified atom stereocenters. The summed E-state index contributed by atoms with van der Waals surface area (Å²) in [7, 11) is 0. The van der Waals surface area contributed by atoms with Crippen molar-refractivity contribution in [2.75, 3.05) is 24.7 Å². The van der Waals surface area contributed by atoms with E-state index < -0.39 is 11.9 Å². The molecule has 2 rings (SSSR count). The molecule has 25 heavy (non-hydrogen) atoms. The molecule has 0 heterocycles. The Bertz CT molecular complexity index is 618. The summed E-state index contributed by atoms with van der Waals surface area (Å²) in [6, 6.07) is 12.7. The highest BCUT2D eigenvalue weighted by Crippen LogP contribution is 2.09. The average Bonchev–Trinajstić information content (AvgIpc) is 2.57. The highest BCUT2D eigenvalue weighted by molar-refractivity contribution is 5.93. The van der Waals surface area contributed by atoms with Crippen molar-refractivity contribution in [2.24, 2.45) is 0 Å². The predicted molar refractivity (Wildman–Crippen MR) is 94.4 cm³/mol. The molecule has 0 saturated carbocycles. The molecule has 0 radical (unpaired) electrons. The van der Waals surface area contributed by atoms with Crippen molar-refractivity contribution in [3.05, 3.63) is 59.7 Å². The molecule has 0 atom stereocenters. The predicted octanol–water partition coefficient (Wildman–Crippen LogP) is 1.30. The number of rotatable bonds is 4. The van der Waals surface area contributed by atoms with Gasteiger partial charge in [-0.05, 0) is 30.7 Å². The van der Waals surface area contributed by atoms with Crippen LogP contribution < -0.4 is 11.5 Å². The van der Waals surface area contributed by atoms with E-state index in [0.29, 0.717) is 17.8 Å². The van der Waals surface area contributed by atoms with Crippen LogP contribution in [-0.2, 0) is 0 Å². The molecule has 2 aromatic carbocycles.